The summed E-state index contributed by atoms with van der Waals surface area (Å²) < 4.78 is 0. The Morgan fingerprint density at radius 1 is 0.895 bits per heavy atom. The number of benzene rings is 2. The molecule has 1 atom stereocenters. The van der Waals surface area contributed by atoms with Gasteiger partial charge in [-0.25, -0.2) is 4.99 Å². The Kier molecular flexibility index (Phi) is 2.76. The van der Waals surface area contributed by atoms with Gasteiger partial charge in [0, 0.05) is 5.56 Å². The van der Waals surface area contributed by atoms with E-state index in [1.54, 1.807) is 6.07 Å². The molecule has 1 unspecified atom stereocenters. The average Bonchev–Trinajstić information content (AvgIpc) is 2.92. The van der Waals surface area contributed by atoms with Gasteiger partial charge in [-0.1, -0.05) is 30.3 Å². The summed E-state index contributed by atoms with van der Waals surface area (Å²) in [6.07, 6.45) is 1.52. The van der Waals surface area contributed by atoms with Gasteiger partial charge >= 0.3 is 0 Å². The second-order valence-corrected chi connectivity index (χ2v) is 4.30. The number of hydrogen-bond donors (Lipinski definition) is 2. The molecule has 4 heteroatoms. The Morgan fingerprint density at radius 3 is 2.42 bits per heavy atom. The first-order chi connectivity index (χ1) is 9.25. The highest BCUT2D eigenvalue weighted by molar-refractivity contribution is 6.11. The maximum atomic E-state index is 9.57. The fraction of sp³-hybridized carbons (Fsp3) is 0.0667. The largest absolute Gasteiger partial charge is 0.504 e. The van der Waals surface area contributed by atoms with Gasteiger partial charge in [-0.05, 0) is 23.8 Å². The van der Waals surface area contributed by atoms with Crippen molar-refractivity contribution in [1.29, 1.82) is 0 Å². The Hall–Kier alpha value is -2.62. The van der Waals surface area contributed by atoms with Gasteiger partial charge in [0.15, 0.2) is 11.5 Å². The molecule has 0 bridgehead atoms. The molecule has 3 rings (SSSR count). The van der Waals surface area contributed by atoms with Crippen LogP contribution in [0.15, 0.2) is 58.5 Å². The molecule has 0 aliphatic carbocycles. The second kappa shape index (κ2) is 4.57. The first kappa shape index (κ1) is 11.5. The molecule has 19 heavy (non-hydrogen) atoms. The normalized spacial score (nSPS) is 17.5. The highest BCUT2D eigenvalue weighted by atomic mass is 16.3. The van der Waals surface area contributed by atoms with Gasteiger partial charge in [-0.15, -0.1) is 0 Å². The standard InChI is InChI=1S/C15H12N2O2/c18-12-7-6-11(8-13(12)19)15-14(16-9-17-15)10-4-2-1-3-5-10/h1-9,14,18-19H. The minimum absolute atomic E-state index is 0.139. The molecule has 1 aliphatic heterocycles. The number of hydrogen-bond acceptors (Lipinski definition) is 4. The second-order valence-electron chi connectivity index (χ2n) is 4.30. The van der Waals surface area contributed by atoms with E-state index in [0.29, 0.717) is 0 Å². The smallest absolute Gasteiger partial charge is 0.158 e. The van der Waals surface area contributed by atoms with E-state index in [2.05, 4.69) is 9.98 Å². The van der Waals surface area contributed by atoms with E-state index in [-0.39, 0.29) is 17.5 Å². The molecular formula is C15H12N2O2. The van der Waals surface area contributed by atoms with Crippen LogP contribution in [-0.4, -0.2) is 22.3 Å². The van der Waals surface area contributed by atoms with Gasteiger partial charge in [0.1, 0.15) is 12.4 Å². The van der Waals surface area contributed by atoms with Crippen molar-refractivity contribution < 1.29 is 10.2 Å². The van der Waals surface area contributed by atoms with Crippen molar-refractivity contribution >= 4 is 12.1 Å². The summed E-state index contributed by atoms with van der Waals surface area (Å²) in [4.78, 5) is 8.61. The molecule has 94 valence electrons. The fourth-order valence-electron chi connectivity index (χ4n) is 2.10. The van der Waals surface area contributed by atoms with Gasteiger partial charge < -0.3 is 10.2 Å². The maximum absolute atomic E-state index is 9.57. The van der Waals surface area contributed by atoms with E-state index >= 15 is 0 Å². The van der Waals surface area contributed by atoms with E-state index in [1.807, 2.05) is 30.3 Å². The van der Waals surface area contributed by atoms with E-state index in [1.165, 1.54) is 18.5 Å². The predicted molar refractivity (Wildman–Crippen MR) is 74.0 cm³/mol. The van der Waals surface area contributed by atoms with Crippen molar-refractivity contribution in [2.45, 2.75) is 6.04 Å². The lowest BCUT2D eigenvalue weighted by molar-refractivity contribution is 0.403. The molecule has 0 amide bonds. The van der Waals surface area contributed by atoms with E-state index < -0.39 is 0 Å². The van der Waals surface area contributed by atoms with Crippen LogP contribution in [0.25, 0.3) is 0 Å². The van der Waals surface area contributed by atoms with Crippen LogP contribution in [0.5, 0.6) is 11.5 Å². The SMILES string of the molecule is Oc1ccc(C2=NC=NC2c2ccccc2)cc1O. The topological polar surface area (TPSA) is 65.2 Å². The molecule has 0 fully saturated rings. The van der Waals surface area contributed by atoms with Crippen molar-refractivity contribution in [3.63, 3.8) is 0 Å². The lowest BCUT2D eigenvalue weighted by Gasteiger charge is -2.12. The van der Waals surface area contributed by atoms with Gasteiger partial charge in [-0.2, -0.15) is 0 Å². The molecule has 0 saturated carbocycles. The molecule has 2 aromatic rings. The highest BCUT2D eigenvalue weighted by Gasteiger charge is 2.22. The summed E-state index contributed by atoms with van der Waals surface area (Å²) in [6.45, 7) is 0. The molecule has 1 heterocycles. The third-order valence-corrected chi connectivity index (χ3v) is 3.06. The lowest BCUT2D eigenvalue weighted by Crippen LogP contribution is -2.08. The van der Waals surface area contributed by atoms with Gasteiger partial charge in [0.2, 0.25) is 0 Å². The molecule has 0 saturated heterocycles. The van der Waals surface area contributed by atoms with E-state index in [4.69, 9.17) is 0 Å². The molecule has 0 aromatic heterocycles. The monoisotopic (exact) mass is 252 g/mol. The van der Waals surface area contributed by atoms with Crippen LogP contribution in [0.4, 0.5) is 0 Å². The van der Waals surface area contributed by atoms with Crippen LogP contribution in [0.1, 0.15) is 17.2 Å². The van der Waals surface area contributed by atoms with Crippen molar-refractivity contribution in [2.75, 3.05) is 0 Å². The summed E-state index contributed by atoms with van der Waals surface area (Å²) >= 11 is 0. The first-order valence-electron chi connectivity index (χ1n) is 5.92. The van der Waals surface area contributed by atoms with Crippen LogP contribution < -0.4 is 0 Å². The predicted octanol–water partition coefficient (Wildman–Crippen LogP) is 2.67. The Bertz CT molecular complexity index is 663. The molecule has 0 spiro atoms. The number of phenols is 2. The third-order valence-electron chi connectivity index (χ3n) is 3.06. The molecule has 1 aliphatic rings. The Morgan fingerprint density at radius 2 is 1.68 bits per heavy atom. The van der Waals surface area contributed by atoms with Crippen LogP contribution in [0, 0.1) is 0 Å². The van der Waals surface area contributed by atoms with Crippen LogP contribution in [0.2, 0.25) is 0 Å². The molecule has 4 nitrogen and oxygen atoms in total. The van der Waals surface area contributed by atoms with Crippen molar-refractivity contribution in [2.24, 2.45) is 9.98 Å². The summed E-state index contributed by atoms with van der Waals surface area (Å²) in [6, 6.07) is 14.3. The summed E-state index contributed by atoms with van der Waals surface area (Å²) in [5.74, 6) is -0.293. The summed E-state index contributed by atoms with van der Waals surface area (Å²) in [5.41, 5.74) is 2.56. The zero-order valence-electron chi connectivity index (χ0n) is 10.1. The van der Waals surface area contributed by atoms with E-state index in [0.717, 1.165) is 16.8 Å². The number of aliphatic imine (C=N–C) groups is 2. The van der Waals surface area contributed by atoms with Crippen molar-refractivity contribution in [3.05, 3.63) is 59.7 Å². The molecule has 2 aromatic carbocycles. The minimum atomic E-state index is -0.162. The Balaban J connectivity index is 1.99. The average molecular weight is 252 g/mol. The molecular weight excluding hydrogens is 240 g/mol. The maximum Gasteiger partial charge on any atom is 0.158 e. The zero-order chi connectivity index (χ0) is 13.2. The zero-order valence-corrected chi connectivity index (χ0v) is 10.1. The van der Waals surface area contributed by atoms with Crippen LogP contribution >= 0.6 is 0 Å². The van der Waals surface area contributed by atoms with Gasteiger partial charge in [0.25, 0.3) is 0 Å². The lowest BCUT2D eigenvalue weighted by atomic mass is 9.97. The minimum Gasteiger partial charge on any atom is -0.504 e. The summed E-state index contributed by atoms with van der Waals surface area (Å²) in [7, 11) is 0. The van der Waals surface area contributed by atoms with Gasteiger partial charge in [0.05, 0.1) is 5.71 Å². The molecule has 2 N–H and O–H groups in total. The van der Waals surface area contributed by atoms with Crippen LogP contribution in [0.3, 0.4) is 0 Å². The van der Waals surface area contributed by atoms with Crippen molar-refractivity contribution in [3.8, 4) is 11.5 Å². The highest BCUT2D eigenvalue weighted by Crippen LogP contribution is 2.30. The third kappa shape index (κ3) is 2.08. The summed E-state index contributed by atoms with van der Waals surface area (Å²) in [5, 5.41) is 18.9. The first-order valence-corrected chi connectivity index (χ1v) is 5.92. The number of rotatable bonds is 2. The van der Waals surface area contributed by atoms with Gasteiger partial charge in [-0.3, -0.25) is 4.99 Å². The number of phenolic OH excluding ortho intramolecular Hbond substituents is 2. The quantitative estimate of drug-likeness (QED) is 0.807. The molecule has 0 radical (unpaired) electrons. The Labute approximate surface area is 110 Å². The number of nitrogens with zero attached hydrogens (tertiary/aromatic N) is 2. The van der Waals surface area contributed by atoms with E-state index in [9.17, 15) is 10.2 Å². The fourth-order valence-corrected chi connectivity index (χ4v) is 2.10. The number of aromatic hydroxyl groups is 2. The van der Waals surface area contributed by atoms with Crippen molar-refractivity contribution in [1.82, 2.24) is 0 Å². The van der Waals surface area contributed by atoms with Crippen LogP contribution in [-0.2, 0) is 0 Å².